The van der Waals surface area contributed by atoms with E-state index in [-0.39, 0.29) is 49.9 Å². The lowest BCUT2D eigenvalue weighted by Gasteiger charge is -2.31. The van der Waals surface area contributed by atoms with Crippen molar-refractivity contribution in [2.24, 2.45) is 0 Å². The first-order valence-electron chi connectivity index (χ1n) is 11.5. The summed E-state index contributed by atoms with van der Waals surface area (Å²) in [5.74, 6) is 0.409. The average molecular weight is 491 g/mol. The number of carbonyl (C=O) groups excluding carboxylic acids is 3. The molecule has 2 aromatic carbocycles. The Kier molecular flexibility index (Phi) is 6.06. The molecule has 5 rings (SSSR count). The number of amides is 3. The molecular formula is C27H26N2O5S. The van der Waals surface area contributed by atoms with Gasteiger partial charge in [0.05, 0.1) is 18.0 Å². The predicted octanol–water partition coefficient (Wildman–Crippen LogP) is 4.28. The monoisotopic (exact) mass is 490 g/mol. The van der Waals surface area contributed by atoms with E-state index in [4.69, 9.17) is 9.47 Å². The van der Waals surface area contributed by atoms with Crippen LogP contribution in [0.25, 0.3) is 0 Å². The van der Waals surface area contributed by atoms with Crippen LogP contribution >= 0.6 is 11.3 Å². The molecule has 0 unspecified atom stereocenters. The first-order chi connectivity index (χ1) is 16.9. The second-order valence-corrected chi connectivity index (χ2v) is 9.95. The van der Waals surface area contributed by atoms with Crippen LogP contribution in [0, 0.1) is 0 Å². The van der Waals surface area contributed by atoms with Crippen LogP contribution in [0.3, 0.4) is 0 Å². The summed E-state index contributed by atoms with van der Waals surface area (Å²) in [5.41, 5.74) is 0.196. The molecule has 0 spiro atoms. The molecule has 0 aliphatic carbocycles. The maximum absolute atomic E-state index is 13.9. The van der Waals surface area contributed by atoms with Crippen molar-refractivity contribution in [3.05, 3.63) is 82.0 Å². The molecule has 7 nitrogen and oxygen atoms in total. The van der Waals surface area contributed by atoms with Crippen molar-refractivity contribution in [3.63, 3.8) is 0 Å². The van der Waals surface area contributed by atoms with E-state index in [0.29, 0.717) is 17.1 Å². The number of benzene rings is 2. The number of nitrogens with zero attached hydrogens (tertiary/aromatic N) is 2. The van der Waals surface area contributed by atoms with Crippen LogP contribution in [0.2, 0.25) is 0 Å². The normalized spacial score (nSPS) is 19.8. The zero-order chi connectivity index (χ0) is 24.6. The van der Waals surface area contributed by atoms with Crippen molar-refractivity contribution in [3.8, 4) is 11.5 Å². The molecule has 1 fully saturated rings. The third kappa shape index (κ3) is 4.18. The number of ether oxygens (including phenoxy) is 2. The van der Waals surface area contributed by atoms with Gasteiger partial charge in [0.15, 0.2) is 11.5 Å². The Bertz CT molecular complexity index is 1260. The molecule has 2 aliphatic heterocycles. The molecule has 0 bridgehead atoms. The summed E-state index contributed by atoms with van der Waals surface area (Å²) in [7, 11) is 1.75. The van der Waals surface area contributed by atoms with E-state index in [2.05, 4.69) is 0 Å². The molecular weight excluding hydrogens is 464 g/mol. The average Bonchev–Trinajstić information content (AvgIpc) is 3.61. The molecule has 2 aliphatic rings. The summed E-state index contributed by atoms with van der Waals surface area (Å²) in [4.78, 5) is 44.6. The van der Waals surface area contributed by atoms with Gasteiger partial charge in [-0.05, 0) is 41.6 Å². The molecule has 3 amide bonds. The first kappa shape index (κ1) is 23.1. The zero-order valence-corrected chi connectivity index (χ0v) is 20.4. The van der Waals surface area contributed by atoms with Crippen LogP contribution < -0.4 is 9.47 Å². The lowest BCUT2D eigenvalue weighted by atomic mass is 9.75. The van der Waals surface area contributed by atoms with Gasteiger partial charge in [0.25, 0.3) is 0 Å². The van der Waals surface area contributed by atoms with E-state index in [9.17, 15) is 14.4 Å². The molecule has 8 heteroatoms. The lowest BCUT2D eigenvalue weighted by molar-refractivity contribution is -0.143. The Balaban J connectivity index is 1.43. The summed E-state index contributed by atoms with van der Waals surface area (Å²) < 4.78 is 10.8. The van der Waals surface area contributed by atoms with Crippen LogP contribution in [-0.2, 0) is 26.3 Å². The number of rotatable bonds is 7. The van der Waals surface area contributed by atoms with Crippen LogP contribution in [0.15, 0.2) is 66.0 Å². The number of hydrogen-bond acceptors (Lipinski definition) is 6. The molecule has 1 saturated heterocycles. The Morgan fingerprint density at radius 1 is 1.09 bits per heavy atom. The van der Waals surface area contributed by atoms with E-state index in [1.165, 1.54) is 4.90 Å². The smallest absolute Gasteiger partial charge is 0.241 e. The summed E-state index contributed by atoms with van der Waals surface area (Å²) in [6.45, 7) is 2.22. The quantitative estimate of drug-likeness (QED) is 0.462. The van der Waals surface area contributed by atoms with Crippen molar-refractivity contribution >= 4 is 29.1 Å². The maximum Gasteiger partial charge on any atom is 0.241 e. The number of thiophene rings is 1. The highest BCUT2D eigenvalue weighted by atomic mass is 32.1. The Hall–Kier alpha value is -3.65. The van der Waals surface area contributed by atoms with E-state index in [0.717, 1.165) is 10.4 Å². The van der Waals surface area contributed by atoms with E-state index >= 15 is 0 Å². The molecule has 0 radical (unpaired) electrons. The number of hydrogen-bond donors (Lipinski definition) is 0. The van der Waals surface area contributed by atoms with Crippen LogP contribution in [0.1, 0.15) is 41.8 Å². The highest BCUT2D eigenvalue weighted by Crippen LogP contribution is 2.42. The van der Waals surface area contributed by atoms with Gasteiger partial charge in [-0.15, -0.1) is 11.3 Å². The zero-order valence-electron chi connectivity index (χ0n) is 19.6. The van der Waals surface area contributed by atoms with Gasteiger partial charge in [0, 0.05) is 24.8 Å². The third-order valence-electron chi connectivity index (χ3n) is 6.89. The number of likely N-dealkylation sites (tertiary alicyclic amines) is 1. The van der Waals surface area contributed by atoms with E-state index < -0.39 is 5.41 Å². The number of fused-ring (bicyclic) bond motifs is 1. The van der Waals surface area contributed by atoms with Gasteiger partial charge in [-0.2, -0.15) is 0 Å². The molecule has 3 heterocycles. The maximum atomic E-state index is 13.9. The van der Waals surface area contributed by atoms with Crippen molar-refractivity contribution in [1.29, 1.82) is 0 Å². The van der Waals surface area contributed by atoms with Crippen LogP contribution in [-0.4, -0.2) is 41.4 Å². The summed E-state index contributed by atoms with van der Waals surface area (Å²) in [6, 6.07) is 18.4. The summed E-state index contributed by atoms with van der Waals surface area (Å²) in [5, 5.41) is 1.97. The highest BCUT2D eigenvalue weighted by molar-refractivity contribution is 7.10. The Labute approximate surface area is 207 Å². The molecule has 0 N–H and O–H groups in total. The van der Waals surface area contributed by atoms with Crippen molar-refractivity contribution in [2.45, 2.75) is 37.8 Å². The topological polar surface area (TPSA) is 76.2 Å². The van der Waals surface area contributed by atoms with Gasteiger partial charge >= 0.3 is 0 Å². The van der Waals surface area contributed by atoms with E-state index in [1.807, 2.05) is 60.8 Å². The summed E-state index contributed by atoms with van der Waals surface area (Å²) >= 11 is 1.58. The van der Waals surface area contributed by atoms with Gasteiger partial charge in [0.1, 0.15) is 0 Å². The van der Waals surface area contributed by atoms with Crippen LogP contribution in [0.4, 0.5) is 0 Å². The number of imide groups is 1. The third-order valence-corrected chi connectivity index (χ3v) is 7.94. The largest absolute Gasteiger partial charge is 0.454 e. The standard InChI is InChI=1S/C27H26N2O5S/c1-18(23-9-6-12-35-23)28(2)24(30)14-27(20-7-4-3-5-8-20)15-25(31)29(26(27)32)16-19-10-11-21-22(13-19)34-17-33-21/h3-13,18H,14-17H2,1-2H3/t18-,27-/m1/s1. The molecule has 0 saturated carbocycles. The SMILES string of the molecule is C[C@H](c1cccs1)N(C)C(=O)C[C@]1(c2ccccc2)CC(=O)N(Cc2ccc3c(c2)OCO3)C1=O. The van der Waals surface area contributed by atoms with Crippen molar-refractivity contribution in [1.82, 2.24) is 9.80 Å². The molecule has 35 heavy (non-hydrogen) atoms. The number of carbonyl (C=O) groups is 3. The Morgan fingerprint density at radius 3 is 2.60 bits per heavy atom. The minimum atomic E-state index is -1.24. The van der Waals surface area contributed by atoms with Crippen molar-refractivity contribution < 1.29 is 23.9 Å². The van der Waals surface area contributed by atoms with Gasteiger partial charge in [0.2, 0.25) is 24.5 Å². The second kappa shape index (κ2) is 9.19. The predicted molar refractivity (Wildman–Crippen MR) is 131 cm³/mol. The molecule has 1 aromatic heterocycles. The highest BCUT2D eigenvalue weighted by Gasteiger charge is 2.54. The second-order valence-electron chi connectivity index (χ2n) is 8.97. The lowest BCUT2D eigenvalue weighted by Crippen LogP contribution is -2.43. The minimum absolute atomic E-state index is 0.0483. The van der Waals surface area contributed by atoms with Crippen molar-refractivity contribution in [2.75, 3.05) is 13.8 Å². The molecule has 3 aromatic rings. The molecule has 2 atom stereocenters. The van der Waals surface area contributed by atoms with E-state index in [1.54, 1.807) is 35.4 Å². The summed E-state index contributed by atoms with van der Waals surface area (Å²) in [6.07, 6.45) is -0.126. The Morgan fingerprint density at radius 2 is 1.86 bits per heavy atom. The fourth-order valence-corrected chi connectivity index (χ4v) is 5.55. The molecule has 180 valence electrons. The van der Waals surface area contributed by atoms with Gasteiger partial charge in [-0.1, -0.05) is 42.5 Å². The van der Waals surface area contributed by atoms with Gasteiger partial charge in [-0.3, -0.25) is 19.3 Å². The fraction of sp³-hybridized carbons (Fsp3) is 0.296. The first-order valence-corrected chi connectivity index (χ1v) is 12.3. The fourth-order valence-electron chi connectivity index (χ4n) is 4.72. The van der Waals surface area contributed by atoms with Gasteiger partial charge in [-0.25, -0.2) is 0 Å². The minimum Gasteiger partial charge on any atom is -0.454 e. The van der Waals surface area contributed by atoms with Crippen LogP contribution in [0.5, 0.6) is 11.5 Å². The van der Waals surface area contributed by atoms with Gasteiger partial charge < -0.3 is 14.4 Å².